The van der Waals surface area contributed by atoms with E-state index in [1.165, 1.54) is 12.4 Å². The van der Waals surface area contributed by atoms with E-state index < -0.39 is 0 Å². The molecule has 8 heteroatoms. The lowest BCUT2D eigenvalue weighted by atomic mass is 9.89. The normalized spacial score (nSPS) is 18.9. The Morgan fingerprint density at radius 2 is 1.79 bits per heavy atom. The summed E-state index contributed by atoms with van der Waals surface area (Å²) < 4.78 is 6.10. The van der Waals surface area contributed by atoms with Gasteiger partial charge in [0.25, 0.3) is 5.91 Å². The van der Waals surface area contributed by atoms with Crippen molar-refractivity contribution >= 4 is 11.8 Å². The van der Waals surface area contributed by atoms with Crippen molar-refractivity contribution in [3.05, 3.63) is 54.4 Å². The minimum absolute atomic E-state index is 0.104. The van der Waals surface area contributed by atoms with Crippen molar-refractivity contribution in [2.45, 2.75) is 24.9 Å². The van der Waals surface area contributed by atoms with Crippen LogP contribution in [0.15, 0.2) is 43.1 Å². The third kappa shape index (κ3) is 4.01. The van der Waals surface area contributed by atoms with Crippen LogP contribution in [0, 0.1) is 0 Å². The molecule has 0 bridgehead atoms. The van der Waals surface area contributed by atoms with Gasteiger partial charge in [-0.1, -0.05) is 0 Å². The van der Waals surface area contributed by atoms with Crippen LogP contribution in [-0.4, -0.2) is 75.0 Å². The van der Waals surface area contributed by atoms with Crippen molar-refractivity contribution in [3.63, 3.8) is 0 Å². The van der Waals surface area contributed by atoms with Gasteiger partial charge in [0.15, 0.2) is 0 Å². The molecule has 4 heterocycles. The molecule has 0 aromatic carbocycles. The van der Waals surface area contributed by atoms with Crippen molar-refractivity contribution in [2.75, 3.05) is 32.8 Å². The third-order valence-corrected chi connectivity index (χ3v) is 5.45. The van der Waals surface area contributed by atoms with Crippen LogP contribution in [0.25, 0.3) is 0 Å². The van der Waals surface area contributed by atoms with E-state index in [0.29, 0.717) is 57.7 Å². The zero-order valence-electron chi connectivity index (χ0n) is 15.7. The van der Waals surface area contributed by atoms with Gasteiger partial charge in [0.05, 0.1) is 24.8 Å². The lowest BCUT2D eigenvalue weighted by Crippen LogP contribution is -2.58. The smallest absolute Gasteiger partial charge is 0.274 e. The first-order valence-electron chi connectivity index (χ1n) is 9.51. The molecule has 2 saturated heterocycles. The molecular weight excluding hydrogens is 358 g/mol. The molecule has 0 N–H and O–H groups in total. The van der Waals surface area contributed by atoms with Crippen molar-refractivity contribution in [1.29, 1.82) is 0 Å². The van der Waals surface area contributed by atoms with Gasteiger partial charge < -0.3 is 14.5 Å². The maximum absolute atomic E-state index is 12.7. The molecule has 2 fully saturated rings. The number of ether oxygens (including phenoxy) is 1. The second-order valence-electron chi connectivity index (χ2n) is 7.26. The van der Waals surface area contributed by atoms with Gasteiger partial charge in [-0.25, -0.2) is 4.98 Å². The van der Waals surface area contributed by atoms with Crippen LogP contribution >= 0.6 is 0 Å². The van der Waals surface area contributed by atoms with Gasteiger partial charge in [0.1, 0.15) is 5.69 Å². The predicted octanol–water partition coefficient (Wildman–Crippen LogP) is 0.948. The van der Waals surface area contributed by atoms with Gasteiger partial charge in [-0.15, -0.1) is 0 Å². The van der Waals surface area contributed by atoms with Gasteiger partial charge in [0.2, 0.25) is 5.91 Å². The number of piperidine rings is 1. The quantitative estimate of drug-likeness (QED) is 0.787. The minimum Gasteiger partial charge on any atom is -0.371 e. The van der Waals surface area contributed by atoms with Gasteiger partial charge >= 0.3 is 0 Å². The molecule has 1 spiro atoms. The highest BCUT2D eigenvalue weighted by atomic mass is 16.5. The largest absolute Gasteiger partial charge is 0.371 e. The lowest BCUT2D eigenvalue weighted by molar-refractivity contribution is -0.157. The molecule has 8 nitrogen and oxygen atoms in total. The summed E-state index contributed by atoms with van der Waals surface area (Å²) in [4.78, 5) is 41.0. The molecular formula is C20H23N5O3. The van der Waals surface area contributed by atoms with E-state index >= 15 is 0 Å². The van der Waals surface area contributed by atoms with Crippen molar-refractivity contribution in [1.82, 2.24) is 24.8 Å². The third-order valence-electron chi connectivity index (χ3n) is 5.45. The molecule has 2 aliphatic rings. The number of carbonyl (C=O) groups is 2. The number of hydrogen-bond acceptors (Lipinski definition) is 6. The Morgan fingerprint density at radius 3 is 2.50 bits per heavy atom. The fourth-order valence-corrected chi connectivity index (χ4v) is 3.84. The van der Waals surface area contributed by atoms with Crippen LogP contribution in [0.4, 0.5) is 0 Å². The number of aromatic nitrogens is 3. The SMILES string of the molecule is O=C(Cc1ccncc1)N1CCOC2(CCN(C(=O)c3cnccn3)CC2)C1. The second kappa shape index (κ2) is 8.02. The number of carbonyl (C=O) groups excluding carboxylic acids is 2. The molecule has 28 heavy (non-hydrogen) atoms. The maximum Gasteiger partial charge on any atom is 0.274 e. The van der Waals surface area contributed by atoms with E-state index in [1.807, 2.05) is 17.0 Å². The number of nitrogens with zero attached hydrogens (tertiary/aromatic N) is 5. The lowest BCUT2D eigenvalue weighted by Gasteiger charge is -2.47. The molecule has 2 amide bonds. The van der Waals surface area contributed by atoms with Gasteiger partial charge in [0, 0.05) is 51.0 Å². The summed E-state index contributed by atoms with van der Waals surface area (Å²) in [6.45, 7) is 2.88. The zero-order chi connectivity index (χ0) is 19.4. The first-order valence-corrected chi connectivity index (χ1v) is 9.51. The van der Waals surface area contributed by atoms with Crippen LogP contribution in [0.2, 0.25) is 0 Å². The number of amides is 2. The number of likely N-dealkylation sites (tertiary alicyclic amines) is 1. The Balaban J connectivity index is 1.36. The molecule has 0 unspecified atom stereocenters. The van der Waals surface area contributed by atoms with Crippen molar-refractivity contribution < 1.29 is 14.3 Å². The summed E-state index contributed by atoms with van der Waals surface area (Å²) in [6.07, 6.45) is 9.75. The van der Waals surface area contributed by atoms with Crippen LogP contribution in [0.3, 0.4) is 0 Å². The molecule has 0 atom stereocenters. The van der Waals surface area contributed by atoms with E-state index in [2.05, 4.69) is 15.0 Å². The standard InChI is InChI=1S/C20H23N5O3/c26-18(13-16-1-5-21-6-2-16)25-11-12-28-20(15-25)3-9-24(10-4-20)19(27)17-14-22-7-8-23-17/h1-2,5-8,14H,3-4,9-13,15H2. The summed E-state index contributed by atoms with van der Waals surface area (Å²) in [5.74, 6) is -0.00341. The second-order valence-corrected chi connectivity index (χ2v) is 7.26. The number of morpholine rings is 1. The fourth-order valence-electron chi connectivity index (χ4n) is 3.84. The fraction of sp³-hybridized carbons (Fsp3) is 0.450. The van der Waals surface area contributed by atoms with Crippen LogP contribution in [0.1, 0.15) is 28.9 Å². The van der Waals surface area contributed by atoms with Crippen LogP contribution < -0.4 is 0 Å². The number of rotatable bonds is 3. The Kier molecular flexibility index (Phi) is 5.29. The van der Waals surface area contributed by atoms with E-state index in [0.717, 1.165) is 5.56 Å². The highest BCUT2D eigenvalue weighted by Crippen LogP contribution is 2.31. The number of pyridine rings is 1. The molecule has 146 valence electrons. The molecule has 2 aromatic rings. The molecule has 2 aliphatic heterocycles. The molecule has 0 radical (unpaired) electrons. The van der Waals surface area contributed by atoms with Gasteiger partial charge in [-0.2, -0.15) is 0 Å². The topological polar surface area (TPSA) is 88.5 Å². The monoisotopic (exact) mass is 381 g/mol. The van der Waals surface area contributed by atoms with E-state index in [1.54, 1.807) is 23.5 Å². The summed E-state index contributed by atoms with van der Waals surface area (Å²) in [5, 5.41) is 0. The van der Waals surface area contributed by atoms with Crippen LogP contribution in [0.5, 0.6) is 0 Å². The van der Waals surface area contributed by atoms with Gasteiger partial charge in [-0.05, 0) is 30.5 Å². The number of hydrogen-bond donors (Lipinski definition) is 0. The highest BCUT2D eigenvalue weighted by Gasteiger charge is 2.42. The van der Waals surface area contributed by atoms with E-state index in [9.17, 15) is 9.59 Å². The summed E-state index contributed by atoms with van der Waals surface area (Å²) in [5.41, 5.74) is 0.952. The Labute approximate surface area is 163 Å². The molecule has 0 aliphatic carbocycles. The average Bonchev–Trinajstić information content (AvgIpc) is 2.75. The molecule has 0 saturated carbocycles. The zero-order valence-corrected chi connectivity index (χ0v) is 15.7. The summed E-state index contributed by atoms with van der Waals surface area (Å²) in [7, 11) is 0. The van der Waals surface area contributed by atoms with E-state index in [4.69, 9.17) is 4.74 Å². The Morgan fingerprint density at radius 1 is 1.00 bits per heavy atom. The Bertz CT molecular complexity index is 822. The minimum atomic E-state index is -0.370. The first kappa shape index (κ1) is 18.5. The molecule has 2 aromatic heterocycles. The van der Waals surface area contributed by atoms with E-state index in [-0.39, 0.29) is 17.4 Å². The summed E-state index contributed by atoms with van der Waals surface area (Å²) >= 11 is 0. The van der Waals surface area contributed by atoms with Crippen LogP contribution in [-0.2, 0) is 16.0 Å². The maximum atomic E-state index is 12.7. The summed E-state index contributed by atoms with van der Waals surface area (Å²) in [6, 6.07) is 3.73. The van der Waals surface area contributed by atoms with Crippen molar-refractivity contribution in [2.24, 2.45) is 0 Å². The first-order chi connectivity index (χ1) is 13.7. The van der Waals surface area contributed by atoms with Crippen molar-refractivity contribution in [3.8, 4) is 0 Å². The predicted molar refractivity (Wildman–Crippen MR) is 100 cm³/mol. The average molecular weight is 381 g/mol. The van der Waals surface area contributed by atoms with Gasteiger partial charge in [-0.3, -0.25) is 19.6 Å². The highest BCUT2D eigenvalue weighted by molar-refractivity contribution is 5.92. The molecule has 4 rings (SSSR count). The Hall–Kier alpha value is -2.87.